The van der Waals surface area contributed by atoms with Crippen LogP contribution in [0.3, 0.4) is 0 Å². The molecule has 0 spiro atoms. The quantitative estimate of drug-likeness (QED) is 0.635. The molecule has 0 aromatic carbocycles. The first-order chi connectivity index (χ1) is 6.76. The SMILES string of the molecule is CC[C@H]1CCC[C@@]2(O)CCC=CC[C@H]12. The minimum Gasteiger partial charge on any atom is -0.390 e. The third kappa shape index (κ3) is 1.75. The van der Waals surface area contributed by atoms with E-state index in [9.17, 15) is 5.11 Å². The van der Waals surface area contributed by atoms with E-state index in [1.54, 1.807) is 0 Å². The highest BCUT2D eigenvalue weighted by molar-refractivity contribution is 5.02. The van der Waals surface area contributed by atoms with Crippen LogP contribution in [0.1, 0.15) is 51.9 Å². The number of hydrogen-bond donors (Lipinski definition) is 1. The zero-order valence-corrected chi connectivity index (χ0v) is 9.21. The van der Waals surface area contributed by atoms with Gasteiger partial charge in [-0.05, 0) is 43.9 Å². The first-order valence-electron chi connectivity index (χ1n) is 6.13. The van der Waals surface area contributed by atoms with Gasteiger partial charge in [0.25, 0.3) is 0 Å². The van der Waals surface area contributed by atoms with Gasteiger partial charge in [0.05, 0.1) is 5.60 Å². The van der Waals surface area contributed by atoms with Crippen LogP contribution in [0.5, 0.6) is 0 Å². The molecule has 0 saturated heterocycles. The van der Waals surface area contributed by atoms with Crippen molar-refractivity contribution in [3.05, 3.63) is 12.2 Å². The molecule has 0 amide bonds. The molecule has 0 aromatic heterocycles. The zero-order chi connectivity index (χ0) is 10.0. The van der Waals surface area contributed by atoms with Crippen LogP contribution in [0.4, 0.5) is 0 Å². The smallest absolute Gasteiger partial charge is 0.0684 e. The van der Waals surface area contributed by atoms with Gasteiger partial charge in [-0.1, -0.05) is 31.9 Å². The Morgan fingerprint density at radius 1 is 1.36 bits per heavy atom. The molecular formula is C13H22O. The van der Waals surface area contributed by atoms with E-state index >= 15 is 0 Å². The molecule has 1 saturated carbocycles. The molecule has 2 aliphatic rings. The molecule has 1 nitrogen and oxygen atoms in total. The van der Waals surface area contributed by atoms with Crippen LogP contribution in [-0.4, -0.2) is 10.7 Å². The summed E-state index contributed by atoms with van der Waals surface area (Å²) in [7, 11) is 0. The first-order valence-corrected chi connectivity index (χ1v) is 6.13. The standard InChI is InChI=1S/C13H22O/c1-2-11-7-6-10-13(14)9-5-3-4-8-12(11)13/h3-4,11-12,14H,2,5-10H2,1H3/t11-,12+,13-/m0/s1. The van der Waals surface area contributed by atoms with Gasteiger partial charge in [0.15, 0.2) is 0 Å². The first kappa shape index (κ1) is 10.2. The normalized spacial score (nSPS) is 43.0. The second kappa shape index (κ2) is 4.06. The minimum absolute atomic E-state index is 0.331. The predicted molar refractivity (Wildman–Crippen MR) is 59.1 cm³/mol. The fraction of sp³-hybridized carbons (Fsp3) is 0.846. The van der Waals surface area contributed by atoms with Gasteiger partial charge in [-0.25, -0.2) is 0 Å². The van der Waals surface area contributed by atoms with Gasteiger partial charge >= 0.3 is 0 Å². The Morgan fingerprint density at radius 2 is 2.21 bits per heavy atom. The number of allylic oxidation sites excluding steroid dienone is 2. The van der Waals surface area contributed by atoms with Gasteiger partial charge in [0.2, 0.25) is 0 Å². The van der Waals surface area contributed by atoms with E-state index in [0.717, 1.165) is 31.6 Å². The Hall–Kier alpha value is -0.300. The van der Waals surface area contributed by atoms with Gasteiger partial charge in [0, 0.05) is 0 Å². The highest BCUT2D eigenvalue weighted by Crippen LogP contribution is 2.45. The van der Waals surface area contributed by atoms with E-state index in [2.05, 4.69) is 19.1 Å². The molecule has 2 aliphatic carbocycles. The molecule has 0 bridgehead atoms. The maximum atomic E-state index is 10.6. The topological polar surface area (TPSA) is 20.2 Å². The monoisotopic (exact) mass is 194 g/mol. The van der Waals surface area contributed by atoms with Gasteiger partial charge in [-0.2, -0.15) is 0 Å². The Balaban J connectivity index is 2.17. The third-order valence-corrected chi connectivity index (χ3v) is 4.27. The summed E-state index contributed by atoms with van der Waals surface area (Å²) in [5.41, 5.74) is -0.331. The van der Waals surface area contributed by atoms with Crippen LogP contribution in [0.25, 0.3) is 0 Å². The molecular weight excluding hydrogens is 172 g/mol. The van der Waals surface area contributed by atoms with Crippen molar-refractivity contribution in [2.45, 2.75) is 57.5 Å². The highest BCUT2D eigenvalue weighted by Gasteiger charge is 2.42. The largest absolute Gasteiger partial charge is 0.390 e. The van der Waals surface area contributed by atoms with Crippen LogP contribution in [-0.2, 0) is 0 Å². The van der Waals surface area contributed by atoms with E-state index in [4.69, 9.17) is 0 Å². The maximum Gasteiger partial charge on any atom is 0.0684 e. The van der Waals surface area contributed by atoms with Crippen molar-refractivity contribution in [3.63, 3.8) is 0 Å². The van der Waals surface area contributed by atoms with Crippen LogP contribution >= 0.6 is 0 Å². The molecule has 0 unspecified atom stereocenters. The second-order valence-electron chi connectivity index (χ2n) is 5.02. The van der Waals surface area contributed by atoms with Crippen LogP contribution in [0.15, 0.2) is 12.2 Å². The van der Waals surface area contributed by atoms with Crippen LogP contribution in [0.2, 0.25) is 0 Å². The minimum atomic E-state index is -0.331. The molecule has 80 valence electrons. The fourth-order valence-electron chi connectivity index (χ4n) is 3.40. The molecule has 1 fully saturated rings. The van der Waals surface area contributed by atoms with Gasteiger partial charge in [0.1, 0.15) is 0 Å². The van der Waals surface area contributed by atoms with Crippen molar-refractivity contribution in [3.8, 4) is 0 Å². The van der Waals surface area contributed by atoms with E-state index in [1.807, 2.05) is 0 Å². The summed E-state index contributed by atoms with van der Waals surface area (Å²) >= 11 is 0. The van der Waals surface area contributed by atoms with Gasteiger partial charge in [-0.15, -0.1) is 0 Å². The summed E-state index contributed by atoms with van der Waals surface area (Å²) in [6.07, 6.45) is 12.5. The summed E-state index contributed by atoms with van der Waals surface area (Å²) < 4.78 is 0. The molecule has 0 heterocycles. The fourth-order valence-corrected chi connectivity index (χ4v) is 3.40. The Bertz CT molecular complexity index is 221. The average Bonchev–Trinajstić information content (AvgIpc) is 2.38. The lowest BCUT2D eigenvalue weighted by Crippen LogP contribution is -2.44. The predicted octanol–water partition coefficient (Wildman–Crippen LogP) is 3.28. The van der Waals surface area contributed by atoms with E-state index < -0.39 is 0 Å². The molecule has 0 aromatic rings. The van der Waals surface area contributed by atoms with Crippen molar-refractivity contribution >= 4 is 0 Å². The van der Waals surface area contributed by atoms with Crippen molar-refractivity contribution in [2.24, 2.45) is 11.8 Å². The molecule has 1 heteroatoms. The number of rotatable bonds is 1. The summed E-state index contributed by atoms with van der Waals surface area (Å²) in [5.74, 6) is 1.30. The number of aliphatic hydroxyl groups is 1. The van der Waals surface area contributed by atoms with Crippen molar-refractivity contribution < 1.29 is 5.11 Å². The zero-order valence-electron chi connectivity index (χ0n) is 9.21. The summed E-state index contributed by atoms with van der Waals surface area (Å²) in [4.78, 5) is 0. The lowest BCUT2D eigenvalue weighted by molar-refractivity contribution is -0.0770. The number of fused-ring (bicyclic) bond motifs is 1. The maximum absolute atomic E-state index is 10.6. The Kier molecular flexibility index (Phi) is 2.96. The summed E-state index contributed by atoms with van der Waals surface area (Å²) in [5, 5.41) is 10.6. The third-order valence-electron chi connectivity index (χ3n) is 4.27. The molecule has 0 aliphatic heterocycles. The second-order valence-corrected chi connectivity index (χ2v) is 5.02. The number of hydrogen-bond acceptors (Lipinski definition) is 1. The van der Waals surface area contributed by atoms with Crippen molar-refractivity contribution in [1.29, 1.82) is 0 Å². The molecule has 2 rings (SSSR count). The van der Waals surface area contributed by atoms with E-state index in [-0.39, 0.29) is 5.60 Å². The van der Waals surface area contributed by atoms with E-state index in [0.29, 0.717) is 5.92 Å². The lowest BCUT2D eigenvalue weighted by atomic mass is 9.66. The van der Waals surface area contributed by atoms with Gasteiger partial charge < -0.3 is 5.11 Å². The van der Waals surface area contributed by atoms with Crippen LogP contribution in [0, 0.1) is 11.8 Å². The van der Waals surface area contributed by atoms with E-state index in [1.165, 1.54) is 19.3 Å². The molecule has 14 heavy (non-hydrogen) atoms. The lowest BCUT2D eigenvalue weighted by Gasteiger charge is -2.44. The average molecular weight is 194 g/mol. The molecule has 1 N–H and O–H groups in total. The Labute approximate surface area is 87.2 Å². The summed E-state index contributed by atoms with van der Waals surface area (Å²) in [6.45, 7) is 2.27. The Morgan fingerprint density at radius 3 is 3.00 bits per heavy atom. The van der Waals surface area contributed by atoms with Crippen molar-refractivity contribution in [1.82, 2.24) is 0 Å². The van der Waals surface area contributed by atoms with Crippen LogP contribution < -0.4 is 0 Å². The molecule has 3 atom stereocenters. The highest BCUT2D eigenvalue weighted by atomic mass is 16.3. The molecule has 0 radical (unpaired) electrons. The summed E-state index contributed by atoms with van der Waals surface area (Å²) in [6, 6.07) is 0. The van der Waals surface area contributed by atoms with Crippen molar-refractivity contribution in [2.75, 3.05) is 0 Å². The van der Waals surface area contributed by atoms with Gasteiger partial charge in [-0.3, -0.25) is 0 Å².